The Labute approximate surface area is 106 Å². The Bertz CT molecular complexity index is 581. The quantitative estimate of drug-likeness (QED) is 0.922. The molecule has 0 aliphatic carbocycles. The second-order valence-corrected chi connectivity index (χ2v) is 3.75. The largest absolute Gasteiger partial charge is 0.433 e. The van der Waals surface area contributed by atoms with Gasteiger partial charge in [-0.3, -0.25) is 0 Å². The highest BCUT2D eigenvalue weighted by atomic mass is 19.4. The lowest BCUT2D eigenvalue weighted by atomic mass is 10.3. The summed E-state index contributed by atoms with van der Waals surface area (Å²) in [5.74, 6) is 0.726. The number of rotatable bonds is 3. The van der Waals surface area contributed by atoms with E-state index in [-0.39, 0.29) is 24.1 Å². The maximum Gasteiger partial charge on any atom is 0.433 e. The summed E-state index contributed by atoms with van der Waals surface area (Å²) in [6, 6.07) is 0.830. The van der Waals surface area contributed by atoms with Gasteiger partial charge in [-0.25, -0.2) is 9.97 Å². The zero-order valence-corrected chi connectivity index (χ0v) is 10.1. The van der Waals surface area contributed by atoms with Crippen LogP contribution in [-0.2, 0) is 12.7 Å². The first-order valence-electron chi connectivity index (χ1n) is 5.30. The van der Waals surface area contributed by atoms with Crippen LogP contribution in [-0.4, -0.2) is 20.2 Å². The predicted octanol–water partition coefficient (Wildman–Crippen LogP) is 2.11. The summed E-state index contributed by atoms with van der Waals surface area (Å²) in [5.41, 5.74) is -0.996. The van der Waals surface area contributed by atoms with Crippen molar-refractivity contribution in [2.75, 3.05) is 5.32 Å². The van der Waals surface area contributed by atoms with E-state index >= 15 is 0 Å². The molecule has 0 aliphatic heterocycles. The molecule has 0 saturated carbocycles. The molecule has 0 fully saturated rings. The number of hydrogen-bond acceptors (Lipinski definition) is 6. The lowest BCUT2D eigenvalue weighted by Crippen LogP contribution is -2.12. The molecule has 2 rings (SSSR count). The van der Waals surface area contributed by atoms with Crippen LogP contribution in [0, 0.1) is 13.8 Å². The molecule has 2 aromatic heterocycles. The van der Waals surface area contributed by atoms with Gasteiger partial charge in [-0.15, -0.1) is 10.2 Å². The molecule has 0 aliphatic rings. The van der Waals surface area contributed by atoms with Crippen molar-refractivity contribution in [1.82, 2.24) is 20.2 Å². The minimum atomic E-state index is -4.51. The summed E-state index contributed by atoms with van der Waals surface area (Å²) in [6.07, 6.45) is -4.51. The van der Waals surface area contributed by atoms with Crippen LogP contribution in [0.15, 0.2) is 10.5 Å². The molecule has 1 N–H and O–H groups in total. The molecule has 0 unspecified atom stereocenters. The van der Waals surface area contributed by atoms with Gasteiger partial charge in [0.25, 0.3) is 0 Å². The number of alkyl halides is 3. The summed E-state index contributed by atoms with van der Waals surface area (Å²) < 4.78 is 42.7. The molecule has 0 atom stereocenters. The smallest absolute Gasteiger partial charge is 0.424 e. The van der Waals surface area contributed by atoms with Gasteiger partial charge < -0.3 is 9.73 Å². The molecule has 0 aromatic carbocycles. The van der Waals surface area contributed by atoms with Crippen LogP contribution in [0.3, 0.4) is 0 Å². The maximum atomic E-state index is 12.6. The molecule has 0 bridgehead atoms. The number of anilines is 1. The van der Waals surface area contributed by atoms with E-state index in [0.29, 0.717) is 5.89 Å². The van der Waals surface area contributed by atoms with E-state index in [1.807, 2.05) is 0 Å². The first kappa shape index (κ1) is 13.2. The Morgan fingerprint density at radius 3 is 2.53 bits per heavy atom. The van der Waals surface area contributed by atoms with Crippen molar-refractivity contribution in [2.45, 2.75) is 26.6 Å². The number of aryl methyl sites for hydroxylation is 2. The van der Waals surface area contributed by atoms with Crippen molar-refractivity contribution in [3.8, 4) is 0 Å². The summed E-state index contributed by atoms with van der Waals surface area (Å²) in [7, 11) is 0. The van der Waals surface area contributed by atoms with Crippen LogP contribution in [0.4, 0.5) is 19.0 Å². The van der Waals surface area contributed by atoms with Crippen LogP contribution in [0.5, 0.6) is 0 Å². The first-order valence-corrected chi connectivity index (χ1v) is 5.30. The molecule has 19 heavy (non-hydrogen) atoms. The van der Waals surface area contributed by atoms with Crippen LogP contribution < -0.4 is 5.32 Å². The van der Waals surface area contributed by atoms with Gasteiger partial charge in [-0.1, -0.05) is 0 Å². The minimum absolute atomic E-state index is 0.0269. The summed E-state index contributed by atoms with van der Waals surface area (Å²) in [6.45, 7) is 3.10. The normalized spacial score (nSPS) is 11.6. The molecule has 0 saturated heterocycles. The van der Waals surface area contributed by atoms with Crippen LogP contribution in [0.1, 0.15) is 23.3 Å². The van der Waals surface area contributed by atoms with Crippen LogP contribution >= 0.6 is 0 Å². The number of aromatic nitrogens is 4. The second kappa shape index (κ2) is 4.82. The van der Waals surface area contributed by atoms with Crippen LogP contribution in [0.25, 0.3) is 0 Å². The molecular formula is C10H10F3N5O. The molecule has 0 radical (unpaired) electrons. The first-order chi connectivity index (χ1) is 8.84. The van der Waals surface area contributed by atoms with Crippen LogP contribution in [0.2, 0.25) is 0 Å². The van der Waals surface area contributed by atoms with Crippen molar-refractivity contribution in [3.63, 3.8) is 0 Å². The van der Waals surface area contributed by atoms with Crippen molar-refractivity contribution in [3.05, 3.63) is 29.4 Å². The van der Waals surface area contributed by atoms with E-state index < -0.39 is 11.9 Å². The van der Waals surface area contributed by atoms with Crippen molar-refractivity contribution in [1.29, 1.82) is 0 Å². The zero-order chi connectivity index (χ0) is 14.0. The molecular weight excluding hydrogens is 263 g/mol. The van der Waals surface area contributed by atoms with E-state index in [0.717, 1.165) is 6.07 Å². The van der Waals surface area contributed by atoms with Gasteiger partial charge in [-0.05, 0) is 6.92 Å². The van der Waals surface area contributed by atoms with Gasteiger partial charge in [0.05, 0.1) is 6.54 Å². The summed E-state index contributed by atoms with van der Waals surface area (Å²) in [4.78, 5) is 7.19. The van der Waals surface area contributed by atoms with Gasteiger partial charge >= 0.3 is 6.18 Å². The molecule has 9 heteroatoms. The van der Waals surface area contributed by atoms with Gasteiger partial charge in [-0.2, -0.15) is 13.2 Å². The van der Waals surface area contributed by atoms with E-state index in [1.54, 1.807) is 6.92 Å². The van der Waals surface area contributed by atoms with E-state index in [4.69, 9.17) is 4.42 Å². The molecule has 2 heterocycles. The Kier molecular flexibility index (Phi) is 3.36. The number of nitrogens with zero attached hydrogens (tertiary/aromatic N) is 4. The van der Waals surface area contributed by atoms with E-state index in [9.17, 15) is 13.2 Å². The van der Waals surface area contributed by atoms with Gasteiger partial charge in [0.15, 0.2) is 0 Å². The molecule has 0 amide bonds. The number of halogens is 3. The fourth-order valence-electron chi connectivity index (χ4n) is 1.38. The van der Waals surface area contributed by atoms with Gasteiger partial charge in [0.2, 0.25) is 11.8 Å². The standard InChI is InChI=1S/C10H10F3N5O/c1-5-15-7(10(11,12)13)3-8(16-5)14-4-9-18-17-6(2)19-9/h3H,4H2,1-2H3,(H,14,15,16). The Hall–Kier alpha value is -2.19. The predicted molar refractivity (Wildman–Crippen MR) is 58.1 cm³/mol. The molecule has 0 spiro atoms. The Morgan fingerprint density at radius 1 is 1.21 bits per heavy atom. The number of hydrogen-bond donors (Lipinski definition) is 1. The summed E-state index contributed by atoms with van der Waals surface area (Å²) >= 11 is 0. The highest BCUT2D eigenvalue weighted by Gasteiger charge is 2.33. The molecule has 2 aromatic rings. The molecule has 102 valence electrons. The third-order valence-corrected chi connectivity index (χ3v) is 2.12. The summed E-state index contributed by atoms with van der Waals surface area (Å²) in [5, 5.41) is 9.99. The van der Waals surface area contributed by atoms with E-state index in [1.165, 1.54) is 6.92 Å². The van der Waals surface area contributed by atoms with Crippen molar-refractivity contribution < 1.29 is 17.6 Å². The maximum absolute atomic E-state index is 12.6. The average molecular weight is 273 g/mol. The monoisotopic (exact) mass is 273 g/mol. The van der Waals surface area contributed by atoms with Crippen molar-refractivity contribution in [2.24, 2.45) is 0 Å². The Balaban J connectivity index is 2.14. The van der Waals surface area contributed by atoms with Crippen molar-refractivity contribution >= 4 is 5.82 Å². The highest BCUT2D eigenvalue weighted by Crippen LogP contribution is 2.28. The van der Waals surface area contributed by atoms with Gasteiger partial charge in [0.1, 0.15) is 17.3 Å². The zero-order valence-electron chi connectivity index (χ0n) is 10.1. The third kappa shape index (κ3) is 3.39. The third-order valence-electron chi connectivity index (χ3n) is 2.12. The van der Waals surface area contributed by atoms with E-state index in [2.05, 4.69) is 25.5 Å². The lowest BCUT2D eigenvalue weighted by Gasteiger charge is -2.09. The highest BCUT2D eigenvalue weighted by molar-refractivity contribution is 5.36. The lowest BCUT2D eigenvalue weighted by molar-refractivity contribution is -0.141. The fraction of sp³-hybridized carbons (Fsp3) is 0.400. The second-order valence-electron chi connectivity index (χ2n) is 3.75. The number of nitrogens with one attached hydrogen (secondary N) is 1. The SMILES string of the molecule is Cc1nc(NCc2nnc(C)o2)cc(C(F)(F)F)n1. The molecule has 6 nitrogen and oxygen atoms in total. The minimum Gasteiger partial charge on any atom is -0.424 e. The average Bonchev–Trinajstić information content (AvgIpc) is 2.71. The fourth-order valence-corrected chi connectivity index (χ4v) is 1.38. The topological polar surface area (TPSA) is 76.7 Å². The Morgan fingerprint density at radius 2 is 1.95 bits per heavy atom. The van der Waals surface area contributed by atoms with Gasteiger partial charge in [0, 0.05) is 13.0 Å².